The number of amides is 1. The lowest BCUT2D eigenvalue weighted by molar-refractivity contribution is -0.149. The number of benzene rings is 1. The van der Waals surface area contributed by atoms with Gasteiger partial charge in [-0.3, -0.25) is 9.59 Å². The molecule has 0 aliphatic heterocycles. The molecule has 0 spiro atoms. The third-order valence-corrected chi connectivity index (χ3v) is 3.14. The van der Waals surface area contributed by atoms with Gasteiger partial charge < -0.3 is 10.0 Å². The largest absolute Gasteiger partial charge is 0.481 e. The van der Waals surface area contributed by atoms with Gasteiger partial charge >= 0.3 is 5.97 Å². The fraction of sp³-hybridized carbons (Fsp3) is 0.467. The van der Waals surface area contributed by atoms with Crippen molar-refractivity contribution >= 4 is 17.6 Å². The molecule has 0 fully saturated rings. The molecule has 4 heteroatoms. The third-order valence-electron chi connectivity index (χ3n) is 3.14. The molecule has 104 valence electrons. The van der Waals surface area contributed by atoms with Crippen LogP contribution in [0.25, 0.3) is 0 Å². The van der Waals surface area contributed by atoms with Crippen LogP contribution in [0.2, 0.25) is 0 Å². The van der Waals surface area contributed by atoms with Gasteiger partial charge in [-0.2, -0.15) is 0 Å². The Balaban J connectivity index is 2.89. The Morgan fingerprint density at radius 2 is 1.74 bits per heavy atom. The number of carbonyl (C=O) groups is 2. The number of carboxylic acids is 1. The van der Waals surface area contributed by atoms with E-state index in [1.54, 1.807) is 18.7 Å². The van der Waals surface area contributed by atoms with Gasteiger partial charge in [0.25, 0.3) is 0 Å². The molecular formula is C15H21NO3. The van der Waals surface area contributed by atoms with Crippen LogP contribution in [0.4, 0.5) is 5.69 Å². The lowest BCUT2D eigenvalue weighted by atomic mass is 9.89. The number of nitrogens with zero attached hydrogens (tertiary/aromatic N) is 1. The van der Waals surface area contributed by atoms with E-state index in [1.807, 2.05) is 38.1 Å². The minimum atomic E-state index is -1.05. The predicted molar refractivity (Wildman–Crippen MR) is 75.2 cm³/mol. The molecule has 0 aromatic heterocycles. The molecule has 0 unspecified atom stereocenters. The van der Waals surface area contributed by atoms with E-state index in [2.05, 4.69) is 0 Å². The summed E-state index contributed by atoms with van der Waals surface area (Å²) >= 11 is 0. The van der Waals surface area contributed by atoms with Gasteiger partial charge in [0.1, 0.15) is 0 Å². The summed E-state index contributed by atoms with van der Waals surface area (Å²) < 4.78 is 0. The average molecular weight is 263 g/mol. The van der Waals surface area contributed by atoms with E-state index >= 15 is 0 Å². The average Bonchev–Trinajstić information content (AvgIpc) is 2.31. The number of carboxylic acid groups (broad SMARTS) is 1. The zero-order chi connectivity index (χ0) is 14.6. The number of aryl methyl sites for hydroxylation is 1. The van der Waals surface area contributed by atoms with Crippen LogP contribution >= 0.6 is 0 Å². The van der Waals surface area contributed by atoms with E-state index in [-0.39, 0.29) is 12.3 Å². The van der Waals surface area contributed by atoms with Crippen LogP contribution in [-0.4, -0.2) is 23.5 Å². The molecule has 0 aliphatic carbocycles. The normalized spacial score (nSPS) is 11.2. The maximum atomic E-state index is 12.2. The van der Waals surface area contributed by atoms with Gasteiger partial charge in [0.2, 0.25) is 5.91 Å². The van der Waals surface area contributed by atoms with Gasteiger partial charge in [-0.25, -0.2) is 0 Å². The van der Waals surface area contributed by atoms with Crippen LogP contribution in [0, 0.1) is 12.3 Å². The number of anilines is 1. The molecule has 1 amide bonds. The van der Waals surface area contributed by atoms with E-state index < -0.39 is 11.4 Å². The highest BCUT2D eigenvalue weighted by Crippen LogP contribution is 2.24. The lowest BCUT2D eigenvalue weighted by Gasteiger charge is -2.25. The van der Waals surface area contributed by atoms with Crippen LogP contribution in [0.3, 0.4) is 0 Å². The van der Waals surface area contributed by atoms with Crippen LogP contribution in [-0.2, 0) is 9.59 Å². The number of hydrogen-bond donors (Lipinski definition) is 1. The smallest absolute Gasteiger partial charge is 0.309 e. The molecule has 0 heterocycles. The minimum Gasteiger partial charge on any atom is -0.481 e. The topological polar surface area (TPSA) is 57.6 Å². The third kappa shape index (κ3) is 3.81. The summed E-state index contributed by atoms with van der Waals surface area (Å²) in [5, 5.41) is 9.08. The first-order valence-electron chi connectivity index (χ1n) is 6.38. The predicted octanol–water partition coefficient (Wildman–Crippen LogP) is 2.85. The SMILES string of the molecule is CCN(C(=O)CC(C)(C)C(=O)O)c1ccc(C)cc1. The molecule has 0 bridgehead atoms. The molecule has 19 heavy (non-hydrogen) atoms. The number of hydrogen-bond acceptors (Lipinski definition) is 2. The van der Waals surface area contributed by atoms with Crippen molar-refractivity contribution in [3.05, 3.63) is 29.8 Å². The molecule has 0 aliphatic rings. The maximum Gasteiger partial charge on any atom is 0.309 e. The summed E-state index contributed by atoms with van der Waals surface area (Å²) in [5.41, 5.74) is 0.882. The molecule has 1 rings (SSSR count). The fourth-order valence-corrected chi connectivity index (χ4v) is 1.78. The minimum absolute atomic E-state index is 0.00987. The summed E-state index contributed by atoms with van der Waals surface area (Å²) in [7, 11) is 0. The van der Waals surface area contributed by atoms with E-state index in [1.165, 1.54) is 0 Å². The zero-order valence-electron chi connectivity index (χ0n) is 11.9. The highest BCUT2D eigenvalue weighted by Gasteiger charge is 2.32. The summed E-state index contributed by atoms with van der Waals surface area (Å²) in [6, 6.07) is 7.64. The molecule has 0 saturated carbocycles. The van der Waals surface area contributed by atoms with Gasteiger partial charge in [-0.1, -0.05) is 17.7 Å². The first kappa shape index (κ1) is 15.2. The van der Waals surface area contributed by atoms with Crippen molar-refractivity contribution in [3.8, 4) is 0 Å². The Kier molecular flexibility index (Phi) is 4.70. The lowest BCUT2D eigenvalue weighted by Crippen LogP contribution is -2.36. The van der Waals surface area contributed by atoms with Crippen molar-refractivity contribution in [2.75, 3.05) is 11.4 Å². The van der Waals surface area contributed by atoms with E-state index in [9.17, 15) is 9.59 Å². The van der Waals surface area contributed by atoms with E-state index in [0.29, 0.717) is 6.54 Å². The van der Waals surface area contributed by atoms with Crippen molar-refractivity contribution in [1.82, 2.24) is 0 Å². The Bertz CT molecular complexity index is 463. The monoisotopic (exact) mass is 263 g/mol. The highest BCUT2D eigenvalue weighted by molar-refractivity contribution is 5.96. The molecule has 0 saturated heterocycles. The maximum absolute atomic E-state index is 12.2. The Morgan fingerprint density at radius 1 is 1.21 bits per heavy atom. The molecule has 0 radical (unpaired) electrons. The Morgan fingerprint density at radius 3 is 2.16 bits per heavy atom. The summed E-state index contributed by atoms with van der Waals surface area (Å²) in [6.45, 7) is 7.52. The first-order chi connectivity index (χ1) is 8.77. The second-order valence-electron chi connectivity index (χ2n) is 5.34. The van der Waals surface area contributed by atoms with Crippen molar-refractivity contribution < 1.29 is 14.7 Å². The van der Waals surface area contributed by atoms with Crippen LogP contribution in [0.1, 0.15) is 32.8 Å². The molecule has 1 aromatic rings. The number of aliphatic carboxylic acids is 1. The van der Waals surface area contributed by atoms with Gasteiger partial charge in [-0.15, -0.1) is 0 Å². The molecule has 1 N–H and O–H groups in total. The second kappa shape index (κ2) is 5.87. The van der Waals surface area contributed by atoms with Crippen LogP contribution in [0.15, 0.2) is 24.3 Å². The van der Waals surface area contributed by atoms with Crippen molar-refractivity contribution in [1.29, 1.82) is 0 Å². The molecular weight excluding hydrogens is 242 g/mol. The van der Waals surface area contributed by atoms with Gasteiger partial charge in [-0.05, 0) is 39.8 Å². The second-order valence-corrected chi connectivity index (χ2v) is 5.34. The van der Waals surface area contributed by atoms with E-state index in [0.717, 1.165) is 11.3 Å². The summed E-state index contributed by atoms with van der Waals surface area (Å²) in [5.74, 6) is -1.13. The van der Waals surface area contributed by atoms with Crippen LogP contribution in [0.5, 0.6) is 0 Å². The zero-order valence-corrected chi connectivity index (χ0v) is 11.9. The van der Waals surface area contributed by atoms with Gasteiger partial charge in [0, 0.05) is 18.7 Å². The highest BCUT2D eigenvalue weighted by atomic mass is 16.4. The number of rotatable bonds is 5. The van der Waals surface area contributed by atoms with Gasteiger partial charge in [0.05, 0.1) is 5.41 Å². The van der Waals surface area contributed by atoms with Crippen molar-refractivity contribution in [2.24, 2.45) is 5.41 Å². The quantitative estimate of drug-likeness (QED) is 0.888. The van der Waals surface area contributed by atoms with Gasteiger partial charge in [0.15, 0.2) is 0 Å². The van der Waals surface area contributed by atoms with Crippen molar-refractivity contribution in [3.63, 3.8) is 0 Å². The number of carbonyl (C=O) groups excluding carboxylic acids is 1. The Labute approximate surface area is 114 Å². The fourth-order valence-electron chi connectivity index (χ4n) is 1.78. The summed E-state index contributed by atoms with van der Waals surface area (Å²) in [4.78, 5) is 24.9. The Hall–Kier alpha value is -1.84. The van der Waals surface area contributed by atoms with E-state index in [4.69, 9.17) is 5.11 Å². The molecule has 0 atom stereocenters. The molecule has 1 aromatic carbocycles. The van der Waals surface area contributed by atoms with Crippen LogP contribution < -0.4 is 4.90 Å². The van der Waals surface area contributed by atoms with Crippen molar-refractivity contribution in [2.45, 2.75) is 34.1 Å². The molecule has 4 nitrogen and oxygen atoms in total. The first-order valence-corrected chi connectivity index (χ1v) is 6.38. The summed E-state index contributed by atoms with van der Waals surface area (Å²) in [6.07, 6.45) is -0.00987. The standard InChI is InChI=1S/C15H21NO3/c1-5-16(12-8-6-11(2)7-9-12)13(17)10-15(3,4)14(18)19/h6-9H,5,10H2,1-4H3,(H,18,19).